The monoisotopic (exact) mass is 251 g/mol. The van der Waals surface area contributed by atoms with E-state index in [0.29, 0.717) is 12.0 Å². The Morgan fingerprint density at radius 2 is 2.20 bits per heavy atom. The Labute approximate surface area is 99.0 Å². The van der Waals surface area contributed by atoms with Crippen LogP contribution >= 0.6 is 24.0 Å². The summed E-state index contributed by atoms with van der Waals surface area (Å²) in [6.45, 7) is 3.51. The quantitative estimate of drug-likeness (QED) is 0.811. The second kappa shape index (κ2) is 5.95. The molecule has 0 amide bonds. The molecule has 0 heterocycles. The lowest BCUT2D eigenvalue weighted by molar-refractivity contribution is 0.459. The number of halogens is 3. The molecule has 0 aliphatic carbocycles. The van der Waals surface area contributed by atoms with Crippen LogP contribution in [0.25, 0.3) is 0 Å². The topological polar surface area (TPSA) is 46.2 Å². The van der Waals surface area contributed by atoms with E-state index in [1.165, 1.54) is 6.07 Å². The minimum absolute atomic E-state index is 0. The summed E-state index contributed by atoms with van der Waals surface area (Å²) in [5.41, 5.74) is 5.99. The van der Waals surface area contributed by atoms with Crippen molar-refractivity contribution in [1.29, 1.82) is 0 Å². The molecular formula is C10H12Cl2FNO. The molecule has 0 aliphatic rings. The summed E-state index contributed by atoms with van der Waals surface area (Å²) in [6.07, 6.45) is 2.05. The van der Waals surface area contributed by atoms with E-state index in [0.717, 1.165) is 6.07 Å². The molecule has 0 fully saturated rings. The van der Waals surface area contributed by atoms with Crippen molar-refractivity contribution in [1.82, 2.24) is 0 Å². The van der Waals surface area contributed by atoms with Gasteiger partial charge in [0.2, 0.25) is 0 Å². The molecule has 15 heavy (non-hydrogen) atoms. The molecule has 0 saturated carbocycles. The molecule has 5 heteroatoms. The molecular weight excluding hydrogens is 240 g/mol. The van der Waals surface area contributed by atoms with E-state index < -0.39 is 11.9 Å². The minimum Gasteiger partial charge on any atom is -0.506 e. The molecule has 3 N–H and O–H groups in total. The molecule has 0 aromatic heterocycles. The summed E-state index contributed by atoms with van der Waals surface area (Å²) in [5.74, 6) is -0.676. The highest BCUT2D eigenvalue weighted by atomic mass is 35.5. The smallest absolute Gasteiger partial charge is 0.139 e. The second-order valence-corrected chi connectivity index (χ2v) is 3.36. The van der Waals surface area contributed by atoms with Crippen molar-refractivity contribution in [3.8, 4) is 5.75 Å². The molecule has 84 valence electrons. The van der Waals surface area contributed by atoms with Gasteiger partial charge in [-0.2, -0.15) is 0 Å². The van der Waals surface area contributed by atoms with Crippen molar-refractivity contribution in [3.05, 3.63) is 41.2 Å². The van der Waals surface area contributed by atoms with Crippen LogP contribution in [-0.2, 0) is 0 Å². The maximum absolute atomic E-state index is 12.9. The summed E-state index contributed by atoms with van der Waals surface area (Å²) in [6, 6.07) is 1.73. The van der Waals surface area contributed by atoms with E-state index in [1.54, 1.807) is 6.08 Å². The molecule has 1 atom stereocenters. The van der Waals surface area contributed by atoms with Gasteiger partial charge >= 0.3 is 0 Å². The van der Waals surface area contributed by atoms with E-state index in [-0.39, 0.29) is 23.2 Å². The Morgan fingerprint density at radius 1 is 1.60 bits per heavy atom. The zero-order valence-electron chi connectivity index (χ0n) is 7.91. The summed E-state index contributed by atoms with van der Waals surface area (Å²) in [4.78, 5) is 0. The van der Waals surface area contributed by atoms with Crippen molar-refractivity contribution in [2.24, 2.45) is 5.73 Å². The first-order valence-electron chi connectivity index (χ1n) is 4.10. The number of nitrogens with two attached hydrogens (primary N) is 1. The lowest BCUT2D eigenvalue weighted by Gasteiger charge is -2.12. The van der Waals surface area contributed by atoms with Crippen molar-refractivity contribution < 1.29 is 9.50 Å². The molecule has 0 radical (unpaired) electrons. The number of phenolic OH excluding ortho intramolecular Hbond substituents is 1. The normalized spacial score (nSPS) is 11.7. The Morgan fingerprint density at radius 3 is 2.73 bits per heavy atom. The van der Waals surface area contributed by atoms with Crippen molar-refractivity contribution >= 4 is 24.0 Å². The number of rotatable bonds is 3. The fraction of sp³-hybridized carbons (Fsp3) is 0.200. The Bertz CT molecular complexity index is 358. The third-order valence-electron chi connectivity index (χ3n) is 1.88. The van der Waals surface area contributed by atoms with Gasteiger partial charge in [-0.15, -0.1) is 19.0 Å². The first-order chi connectivity index (χ1) is 6.56. The van der Waals surface area contributed by atoms with Crippen LogP contribution in [0.2, 0.25) is 5.02 Å². The van der Waals surface area contributed by atoms with Gasteiger partial charge in [0.15, 0.2) is 0 Å². The summed E-state index contributed by atoms with van der Waals surface area (Å²) < 4.78 is 12.9. The van der Waals surface area contributed by atoms with Gasteiger partial charge in [0.05, 0.1) is 5.02 Å². The fourth-order valence-electron chi connectivity index (χ4n) is 1.18. The van der Waals surface area contributed by atoms with Crippen LogP contribution < -0.4 is 5.73 Å². The van der Waals surface area contributed by atoms with Gasteiger partial charge in [0, 0.05) is 11.6 Å². The summed E-state index contributed by atoms with van der Waals surface area (Å²) >= 11 is 5.59. The fourth-order valence-corrected chi connectivity index (χ4v) is 1.39. The SMILES string of the molecule is C=CC[C@H](N)c1cc(F)cc(Cl)c1O.Cl. The van der Waals surface area contributed by atoms with Gasteiger partial charge in [-0.25, -0.2) is 4.39 Å². The second-order valence-electron chi connectivity index (χ2n) is 2.96. The number of hydrogen-bond acceptors (Lipinski definition) is 2. The van der Waals surface area contributed by atoms with E-state index in [4.69, 9.17) is 17.3 Å². The van der Waals surface area contributed by atoms with Crippen LogP contribution in [0.5, 0.6) is 5.75 Å². The maximum atomic E-state index is 12.9. The van der Waals surface area contributed by atoms with E-state index in [9.17, 15) is 9.50 Å². The average Bonchev–Trinajstić information content (AvgIpc) is 2.11. The predicted octanol–water partition coefficient (Wildman–Crippen LogP) is 3.18. The minimum atomic E-state index is -0.512. The molecule has 0 saturated heterocycles. The van der Waals surface area contributed by atoms with Crippen LogP contribution in [0, 0.1) is 5.82 Å². The highest BCUT2D eigenvalue weighted by molar-refractivity contribution is 6.32. The van der Waals surface area contributed by atoms with E-state index >= 15 is 0 Å². The first kappa shape index (κ1) is 14.2. The van der Waals surface area contributed by atoms with Gasteiger partial charge in [-0.3, -0.25) is 0 Å². The van der Waals surface area contributed by atoms with Crippen LogP contribution in [0.4, 0.5) is 4.39 Å². The highest BCUT2D eigenvalue weighted by Crippen LogP contribution is 2.32. The number of benzene rings is 1. The summed E-state index contributed by atoms with van der Waals surface area (Å²) in [5, 5.41) is 9.48. The van der Waals surface area contributed by atoms with Gasteiger partial charge in [-0.1, -0.05) is 17.7 Å². The van der Waals surface area contributed by atoms with Crippen LogP contribution in [0.1, 0.15) is 18.0 Å². The lowest BCUT2D eigenvalue weighted by Crippen LogP contribution is -2.09. The van der Waals surface area contributed by atoms with Crippen LogP contribution in [-0.4, -0.2) is 5.11 Å². The predicted molar refractivity (Wildman–Crippen MR) is 62.1 cm³/mol. The molecule has 1 rings (SSSR count). The molecule has 0 bridgehead atoms. The van der Waals surface area contributed by atoms with Gasteiger partial charge < -0.3 is 10.8 Å². The van der Waals surface area contributed by atoms with E-state index in [1.807, 2.05) is 0 Å². The van der Waals surface area contributed by atoms with Crippen molar-refractivity contribution in [3.63, 3.8) is 0 Å². The molecule has 0 aliphatic heterocycles. The Kier molecular flexibility index (Phi) is 5.65. The van der Waals surface area contributed by atoms with Crippen LogP contribution in [0.3, 0.4) is 0 Å². The van der Waals surface area contributed by atoms with Crippen molar-refractivity contribution in [2.75, 3.05) is 0 Å². The van der Waals surface area contributed by atoms with Crippen LogP contribution in [0.15, 0.2) is 24.8 Å². The molecule has 1 aromatic carbocycles. The standard InChI is InChI=1S/C10H11ClFNO.ClH/c1-2-3-9(13)7-4-6(12)5-8(11)10(7)14;/h2,4-5,9,14H,1,3,13H2;1H/t9-;/m0./s1. The van der Waals surface area contributed by atoms with Gasteiger partial charge in [0.25, 0.3) is 0 Å². The lowest BCUT2D eigenvalue weighted by atomic mass is 10.0. The number of hydrogen-bond donors (Lipinski definition) is 2. The molecule has 1 aromatic rings. The molecule has 0 unspecified atom stereocenters. The maximum Gasteiger partial charge on any atom is 0.139 e. The average molecular weight is 252 g/mol. The number of phenols is 1. The first-order valence-corrected chi connectivity index (χ1v) is 4.48. The Hall–Kier alpha value is -0.770. The number of aromatic hydroxyl groups is 1. The largest absolute Gasteiger partial charge is 0.506 e. The highest BCUT2D eigenvalue weighted by Gasteiger charge is 2.13. The zero-order chi connectivity index (χ0) is 10.7. The molecule has 2 nitrogen and oxygen atoms in total. The van der Waals surface area contributed by atoms with Gasteiger partial charge in [-0.05, 0) is 18.6 Å². The van der Waals surface area contributed by atoms with Gasteiger partial charge in [0.1, 0.15) is 11.6 Å². The van der Waals surface area contributed by atoms with Crippen molar-refractivity contribution in [2.45, 2.75) is 12.5 Å². The zero-order valence-corrected chi connectivity index (χ0v) is 9.48. The third-order valence-corrected chi connectivity index (χ3v) is 2.17. The summed E-state index contributed by atoms with van der Waals surface area (Å²) in [7, 11) is 0. The van der Waals surface area contributed by atoms with E-state index in [2.05, 4.69) is 6.58 Å². The molecule has 0 spiro atoms. The Balaban J connectivity index is 0.00000196. The third kappa shape index (κ3) is 3.38.